The molecule has 1 atom stereocenters. The van der Waals surface area contributed by atoms with E-state index >= 15 is 0 Å². The summed E-state index contributed by atoms with van der Waals surface area (Å²) in [5.41, 5.74) is 2.41. The number of carbonyl (C=O) groups is 1. The average molecular weight is 297 g/mol. The van der Waals surface area contributed by atoms with E-state index in [-0.39, 0.29) is 5.91 Å². The number of amides is 1. The van der Waals surface area contributed by atoms with Crippen molar-refractivity contribution in [3.63, 3.8) is 0 Å². The Morgan fingerprint density at radius 1 is 1.14 bits per heavy atom. The third-order valence-electron chi connectivity index (χ3n) is 3.46. The van der Waals surface area contributed by atoms with Crippen LogP contribution in [0.5, 0.6) is 5.75 Å². The summed E-state index contributed by atoms with van der Waals surface area (Å²) in [7, 11) is 0. The fourth-order valence-corrected chi connectivity index (χ4v) is 2.24. The first kappa shape index (κ1) is 16.1. The summed E-state index contributed by atoms with van der Waals surface area (Å²) in [4.78, 5) is 12.0. The van der Waals surface area contributed by atoms with Crippen LogP contribution in [0.4, 0.5) is 0 Å². The van der Waals surface area contributed by atoms with Gasteiger partial charge < -0.3 is 10.1 Å². The molecule has 1 N–H and O–H groups in total. The Morgan fingerprint density at radius 3 is 2.64 bits per heavy atom. The van der Waals surface area contributed by atoms with Gasteiger partial charge in [-0.05, 0) is 49.9 Å². The smallest absolute Gasteiger partial charge is 0.260 e. The fraction of sp³-hybridized carbons (Fsp3) is 0.316. The van der Waals surface area contributed by atoms with Crippen molar-refractivity contribution in [1.29, 1.82) is 0 Å². The summed E-state index contributed by atoms with van der Waals surface area (Å²) in [5, 5.41) is 2.92. The standard InChI is InChI=1S/C19H23NO2/c1-15-8-6-12-18(14-15)22-16(2)19(21)20-13-7-11-17-9-4-3-5-10-17/h3-6,8-10,12,14,16H,7,11,13H2,1-2H3,(H,20,21)/t16-/m0/s1. The molecule has 0 saturated heterocycles. The van der Waals surface area contributed by atoms with Crippen LogP contribution in [0.25, 0.3) is 0 Å². The predicted molar refractivity (Wildman–Crippen MR) is 89.0 cm³/mol. The maximum Gasteiger partial charge on any atom is 0.260 e. The number of nitrogens with one attached hydrogen (secondary N) is 1. The molecule has 22 heavy (non-hydrogen) atoms. The van der Waals surface area contributed by atoms with Crippen molar-refractivity contribution in [2.45, 2.75) is 32.8 Å². The van der Waals surface area contributed by atoms with Crippen LogP contribution in [-0.2, 0) is 11.2 Å². The van der Waals surface area contributed by atoms with Crippen molar-refractivity contribution >= 4 is 5.91 Å². The molecule has 0 aliphatic carbocycles. The van der Waals surface area contributed by atoms with Gasteiger partial charge in [0.2, 0.25) is 0 Å². The molecule has 2 aromatic carbocycles. The molecule has 2 aromatic rings. The van der Waals surface area contributed by atoms with Gasteiger partial charge in [-0.15, -0.1) is 0 Å². The van der Waals surface area contributed by atoms with E-state index in [9.17, 15) is 4.79 Å². The number of benzene rings is 2. The van der Waals surface area contributed by atoms with Gasteiger partial charge in [-0.1, -0.05) is 42.5 Å². The molecule has 0 spiro atoms. The molecule has 116 valence electrons. The van der Waals surface area contributed by atoms with Crippen molar-refractivity contribution in [3.8, 4) is 5.75 Å². The Morgan fingerprint density at radius 2 is 1.91 bits per heavy atom. The van der Waals surface area contributed by atoms with E-state index in [1.54, 1.807) is 6.92 Å². The average Bonchev–Trinajstić information content (AvgIpc) is 2.52. The maximum absolute atomic E-state index is 12.0. The van der Waals surface area contributed by atoms with Crippen molar-refractivity contribution in [1.82, 2.24) is 5.32 Å². The minimum absolute atomic E-state index is 0.0745. The van der Waals surface area contributed by atoms with Crippen LogP contribution >= 0.6 is 0 Å². The highest BCUT2D eigenvalue weighted by molar-refractivity contribution is 5.80. The zero-order valence-electron chi connectivity index (χ0n) is 13.2. The number of hydrogen-bond donors (Lipinski definition) is 1. The van der Waals surface area contributed by atoms with Gasteiger partial charge >= 0.3 is 0 Å². The second-order valence-electron chi connectivity index (χ2n) is 5.46. The molecule has 0 bridgehead atoms. The van der Waals surface area contributed by atoms with E-state index in [1.165, 1.54) is 5.56 Å². The number of hydrogen-bond acceptors (Lipinski definition) is 2. The van der Waals surface area contributed by atoms with Crippen LogP contribution in [0, 0.1) is 6.92 Å². The normalized spacial score (nSPS) is 11.7. The molecular weight excluding hydrogens is 274 g/mol. The summed E-state index contributed by atoms with van der Waals surface area (Å²) in [5.74, 6) is 0.654. The lowest BCUT2D eigenvalue weighted by molar-refractivity contribution is -0.127. The van der Waals surface area contributed by atoms with Crippen LogP contribution < -0.4 is 10.1 Å². The van der Waals surface area contributed by atoms with E-state index in [4.69, 9.17) is 4.74 Å². The highest BCUT2D eigenvalue weighted by Crippen LogP contribution is 2.14. The lowest BCUT2D eigenvalue weighted by Gasteiger charge is -2.15. The van der Waals surface area contributed by atoms with Crippen molar-refractivity contribution in [2.24, 2.45) is 0 Å². The van der Waals surface area contributed by atoms with Gasteiger partial charge in [-0.2, -0.15) is 0 Å². The third kappa shape index (κ3) is 5.24. The van der Waals surface area contributed by atoms with Crippen LogP contribution in [0.3, 0.4) is 0 Å². The third-order valence-corrected chi connectivity index (χ3v) is 3.46. The predicted octanol–water partition coefficient (Wildman–Crippen LogP) is 3.51. The minimum atomic E-state index is -0.487. The number of carbonyl (C=O) groups excluding carboxylic acids is 1. The van der Waals surface area contributed by atoms with Gasteiger partial charge in [-0.25, -0.2) is 0 Å². The lowest BCUT2D eigenvalue weighted by atomic mass is 10.1. The maximum atomic E-state index is 12.0. The SMILES string of the molecule is Cc1cccc(O[C@@H](C)C(=O)NCCCc2ccccc2)c1. The van der Waals surface area contributed by atoms with Crippen molar-refractivity contribution in [3.05, 3.63) is 65.7 Å². The first-order valence-corrected chi connectivity index (χ1v) is 7.70. The number of ether oxygens (including phenoxy) is 1. The second kappa shape index (κ2) is 8.23. The highest BCUT2D eigenvalue weighted by Gasteiger charge is 2.13. The minimum Gasteiger partial charge on any atom is -0.481 e. The molecule has 0 saturated carbocycles. The molecule has 0 aliphatic rings. The van der Waals surface area contributed by atoms with Gasteiger partial charge in [0, 0.05) is 6.54 Å². The van der Waals surface area contributed by atoms with E-state index in [0.717, 1.165) is 24.2 Å². The van der Waals surface area contributed by atoms with Crippen LogP contribution in [-0.4, -0.2) is 18.6 Å². The molecule has 0 radical (unpaired) electrons. The zero-order valence-corrected chi connectivity index (χ0v) is 13.2. The van der Waals surface area contributed by atoms with Crippen LogP contribution in [0.2, 0.25) is 0 Å². The van der Waals surface area contributed by atoms with Crippen LogP contribution in [0.1, 0.15) is 24.5 Å². The molecule has 0 fully saturated rings. The largest absolute Gasteiger partial charge is 0.481 e. The summed E-state index contributed by atoms with van der Waals surface area (Å²) < 4.78 is 5.66. The number of aryl methyl sites for hydroxylation is 2. The second-order valence-corrected chi connectivity index (χ2v) is 5.46. The Bertz CT molecular complexity index is 595. The Balaban J connectivity index is 1.70. The summed E-state index contributed by atoms with van der Waals surface area (Å²) in [6, 6.07) is 18.0. The number of rotatable bonds is 7. The molecule has 3 nitrogen and oxygen atoms in total. The molecular formula is C19H23NO2. The topological polar surface area (TPSA) is 38.3 Å². The fourth-order valence-electron chi connectivity index (χ4n) is 2.24. The summed E-state index contributed by atoms with van der Waals surface area (Å²) >= 11 is 0. The van der Waals surface area contributed by atoms with E-state index in [0.29, 0.717) is 6.54 Å². The van der Waals surface area contributed by atoms with Crippen molar-refractivity contribution in [2.75, 3.05) is 6.54 Å². The van der Waals surface area contributed by atoms with Gasteiger partial charge in [-0.3, -0.25) is 4.79 Å². The zero-order chi connectivity index (χ0) is 15.8. The first-order chi connectivity index (χ1) is 10.6. The quantitative estimate of drug-likeness (QED) is 0.794. The van der Waals surface area contributed by atoms with Crippen molar-refractivity contribution < 1.29 is 9.53 Å². The van der Waals surface area contributed by atoms with Gasteiger partial charge in [0.05, 0.1) is 0 Å². The molecule has 0 heterocycles. The van der Waals surface area contributed by atoms with E-state index in [1.807, 2.05) is 49.4 Å². The monoisotopic (exact) mass is 297 g/mol. The molecule has 1 amide bonds. The molecule has 0 aliphatic heterocycles. The summed E-state index contributed by atoms with van der Waals surface area (Å²) in [6.07, 6.45) is 1.40. The Hall–Kier alpha value is -2.29. The van der Waals surface area contributed by atoms with Gasteiger partial charge in [0.25, 0.3) is 5.91 Å². The Labute approximate surface area is 132 Å². The van der Waals surface area contributed by atoms with E-state index < -0.39 is 6.10 Å². The Kier molecular flexibility index (Phi) is 6.01. The van der Waals surface area contributed by atoms with Gasteiger partial charge in [0.1, 0.15) is 5.75 Å². The van der Waals surface area contributed by atoms with E-state index in [2.05, 4.69) is 17.4 Å². The van der Waals surface area contributed by atoms with Gasteiger partial charge in [0.15, 0.2) is 6.10 Å². The molecule has 2 rings (SSSR count). The molecule has 0 aromatic heterocycles. The summed E-state index contributed by atoms with van der Waals surface area (Å²) in [6.45, 7) is 4.44. The molecule has 0 unspecified atom stereocenters. The first-order valence-electron chi connectivity index (χ1n) is 7.70. The van der Waals surface area contributed by atoms with Crippen LogP contribution in [0.15, 0.2) is 54.6 Å². The highest BCUT2D eigenvalue weighted by atomic mass is 16.5. The molecule has 3 heteroatoms. The lowest BCUT2D eigenvalue weighted by Crippen LogP contribution is -2.36.